The maximum absolute atomic E-state index is 4.28. The Labute approximate surface area is 148 Å². The number of rotatable bonds is 4. The van der Waals surface area contributed by atoms with Gasteiger partial charge in [-0.25, -0.2) is 0 Å². The van der Waals surface area contributed by atoms with Crippen molar-refractivity contribution < 1.29 is 0 Å². The van der Waals surface area contributed by atoms with Crippen LogP contribution in [-0.2, 0) is 6.42 Å². The Morgan fingerprint density at radius 1 is 0.960 bits per heavy atom. The molecule has 0 atom stereocenters. The van der Waals surface area contributed by atoms with Crippen molar-refractivity contribution in [2.24, 2.45) is 5.92 Å². The van der Waals surface area contributed by atoms with Crippen LogP contribution in [0.3, 0.4) is 0 Å². The summed E-state index contributed by atoms with van der Waals surface area (Å²) in [6, 6.07) is 19.1. The Kier molecular flexibility index (Phi) is 4.46. The highest BCUT2D eigenvalue weighted by Crippen LogP contribution is 2.25. The number of aryl methyl sites for hydroxylation is 1. The standard InChI is InChI=1S/C20H23N5/c1-16-7-9-19(10-8-16)25-20(21-22-23-25)24-13-11-18(12-14-24)15-17-5-3-2-4-6-17/h2-10,18H,11-15H2,1H3. The van der Waals surface area contributed by atoms with E-state index in [2.05, 4.69) is 81.9 Å². The molecule has 1 aliphatic heterocycles. The number of nitrogens with zero attached hydrogens (tertiary/aromatic N) is 5. The minimum Gasteiger partial charge on any atom is -0.339 e. The predicted molar refractivity (Wildman–Crippen MR) is 99.0 cm³/mol. The van der Waals surface area contributed by atoms with Crippen molar-refractivity contribution >= 4 is 5.95 Å². The third kappa shape index (κ3) is 3.55. The molecule has 0 aliphatic carbocycles. The molecule has 0 bridgehead atoms. The lowest BCUT2D eigenvalue weighted by Crippen LogP contribution is -2.36. The van der Waals surface area contributed by atoms with Gasteiger partial charge in [0.25, 0.3) is 0 Å². The Balaban J connectivity index is 1.43. The fourth-order valence-electron chi connectivity index (χ4n) is 3.52. The summed E-state index contributed by atoms with van der Waals surface area (Å²) in [5.74, 6) is 1.59. The first-order valence-electron chi connectivity index (χ1n) is 8.94. The normalized spacial score (nSPS) is 15.5. The van der Waals surface area contributed by atoms with Crippen molar-refractivity contribution in [1.29, 1.82) is 0 Å². The van der Waals surface area contributed by atoms with Crippen LogP contribution in [0.15, 0.2) is 54.6 Å². The second-order valence-corrected chi connectivity index (χ2v) is 6.85. The number of hydrogen-bond donors (Lipinski definition) is 0. The number of aromatic nitrogens is 4. The lowest BCUT2D eigenvalue weighted by Gasteiger charge is -2.32. The number of anilines is 1. The molecule has 0 unspecified atom stereocenters. The van der Waals surface area contributed by atoms with E-state index in [9.17, 15) is 0 Å². The molecule has 1 aliphatic rings. The van der Waals surface area contributed by atoms with E-state index in [4.69, 9.17) is 0 Å². The van der Waals surface area contributed by atoms with Gasteiger partial charge in [0.2, 0.25) is 5.95 Å². The summed E-state index contributed by atoms with van der Waals surface area (Å²) in [4.78, 5) is 2.31. The van der Waals surface area contributed by atoms with Gasteiger partial charge < -0.3 is 4.90 Å². The second kappa shape index (κ2) is 7.05. The minimum atomic E-state index is 0.738. The van der Waals surface area contributed by atoms with E-state index < -0.39 is 0 Å². The van der Waals surface area contributed by atoms with Gasteiger partial charge in [-0.3, -0.25) is 0 Å². The summed E-state index contributed by atoms with van der Waals surface area (Å²) in [6.07, 6.45) is 3.52. The first-order chi connectivity index (χ1) is 12.3. The molecule has 0 spiro atoms. The molecule has 0 amide bonds. The number of hydrogen-bond acceptors (Lipinski definition) is 4. The maximum atomic E-state index is 4.28. The van der Waals surface area contributed by atoms with Gasteiger partial charge in [0.05, 0.1) is 5.69 Å². The molecule has 5 nitrogen and oxygen atoms in total. The van der Waals surface area contributed by atoms with Gasteiger partial charge in [0.15, 0.2) is 0 Å². The van der Waals surface area contributed by atoms with Crippen LogP contribution >= 0.6 is 0 Å². The molecular weight excluding hydrogens is 310 g/mol. The van der Waals surface area contributed by atoms with Crippen molar-refractivity contribution in [1.82, 2.24) is 20.2 Å². The smallest absolute Gasteiger partial charge is 0.250 e. The van der Waals surface area contributed by atoms with Crippen LogP contribution in [0.2, 0.25) is 0 Å². The second-order valence-electron chi connectivity index (χ2n) is 6.85. The minimum absolute atomic E-state index is 0.738. The molecule has 1 aromatic heterocycles. The molecule has 0 N–H and O–H groups in total. The van der Waals surface area contributed by atoms with Crippen LogP contribution in [0.25, 0.3) is 5.69 Å². The van der Waals surface area contributed by atoms with Crippen molar-refractivity contribution in [2.75, 3.05) is 18.0 Å². The summed E-state index contributed by atoms with van der Waals surface area (Å²) in [5.41, 5.74) is 3.68. The van der Waals surface area contributed by atoms with Gasteiger partial charge in [-0.2, -0.15) is 4.68 Å². The van der Waals surface area contributed by atoms with Crippen LogP contribution in [0.1, 0.15) is 24.0 Å². The lowest BCUT2D eigenvalue weighted by molar-refractivity contribution is 0.399. The highest BCUT2D eigenvalue weighted by Gasteiger charge is 2.23. The molecule has 25 heavy (non-hydrogen) atoms. The molecule has 0 saturated carbocycles. The SMILES string of the molecule is Cc1ccc(-n2nnnc2N2CCC(Cc3ccccc3)CC2)cc1. The zero-order chi connectivity index (χ0) is 17.1. The topological polar surface area (TPSA) is 46.8 Å². The molecule has 128 valence electrons. The van der Waals surface area contributed by atoms with Crippen LogP contribution in [0.4, 0.5) is 5.95 Å². The van der Waals surface area contributed by atoms with E-state index in [1.807, 2.05) is 4.68 Å². The Bertz CT molecular complexity index is 802. The predicted octanol–water partition coefficient (Wildman–Crippen LogP) is 3.43. The van der Waals surface area contributed by atoms with Gasteiger partial charge in [0.1, 0.15) is 0 Å². The van der Waals surface area contributed by atoms with Crippen LogP contribution < -0.4 is 4.90 Å². The monoisotopic (exact) mass is 333 g/mol. The number of tetrazole rings is 1. The average molecular weight is 333 g/mol. The van der Waals surface area contributed by atoms with Gasteiger partial charge in [-0.05, 0) is 60.2 Å². The molecule has 0 radical (unpaired) electrons. The Hall–Kier alpha value is -2.69. The molecule has 1 saturated heterocycles. The Morgan fingerprint density at radius 2 is 1.68 bits per heavy atom. The van der Waals surface area contributed by atoms with Crippen molar-refractivity contribution in [3.05, 3.63) is 65.7 Å². The van der Waals surface area contributed by atoms with Crippen molar-refractivity contribution in [3.8, 4) is 5.69 Å². The zero-order valence-corrected chi connectivity index (χ0v) is 14.5. The van der Waals surface area contributed by atoms with E-state index in [0.29, 0.717) is 0 Å². The fourth-order valence-corrected chi connectivity index (χ4v) is 3.52. The third-order valence-corrected chi connectivity index (χ3v) is 5.00. The lowest BCUT2D eigenvalue weighted by atomic mass is 9.90. The highest BCUT2D eigenvalue weighted by molar-refractivity contribution is 5.42. The summed E-state index contributed by atoms with van der Waals surface area (Å²) >= 11 is 0. The number of piperidine rings is 1. The quantitative estimate of drug-likeness (QED) is 0.734. The van der Waals surface area contributed by atoms with Crippen LogP contribution in [-0.4, -0.2) is 33.3 Å². The maximum Gasteiger partial charge on any atom is 0.250 e. The van der Waals surface area contributed by atoms with Crippen LogP contribution in [0, 0.1) is 12.8 Å². The molecule has 4 rings (SSSR count). The fraction of sp³-hybridized carbons (Fsp3) is 0.350. The van der Waals surface area contributed by atoms with Gasteiger partial charge in [0, 0.05) is 13.1 Å². The van der Waals surface area contributed by atoms with Crippen molar-refractivity contribution in [2.45, 2.75) is 26.2 Å². The van der Waals surface area contributed by atoms with Crippen LogP contribution in [0.5, 0.6) is 0 Å². The summed E-state index contributed by atoms with van der Waals surface area (Å²) in [7, 11) is 0. The Morgan fingerprint density at radius 3 is 2.40 bits per heavy atom. The average Bonchev–Trinajstić information content (AvgIpc) is 3.14. The van der Waals surface area contributed by atoms with E-state index >= 15 is 0 Å². The van der Waals surface area contributed by atoms with Gasteiger partial charge in [-0.1, -0.05) is 53.1 Å². The zero-order valence-electron chi connectivity index (χ0n) is 14.5. The van der Waals surface area contributed by atoms with Gasteiger partial charge in [-0.15, -0.1) is 0 Å². The van der Waals surface area contributed by atoms with E-state index in [-0.39, 0.29) is 0 Å². The van der Waals surface area contributed by atoms with E-state index in [1.54, 1.807) is 0 Å². The van der Waals surface area contributed by atoms with E-state index in [1.165, 1.54) is 24.0 Å². The third-order valence-electron chi connectivity index (χ3n) is 5.00. The first-order valence-corrected chi connectivity index (χ1v) is 8.94. The molecular formula is C20H23N5. The first kappa shape index (κ1) is 15.8. The molecule has 1 fully saturated rings. The molecule has 5 heteroatoms. The van der Waals surface area contributed by atoms with Gasteiger partial charge >= 0.3 is 0 Å². The van der Waals surface area contributed by atoms with Crippen molar-refractivity contribution in [3.63, 3.8) is 0 Å². The largest absolute Gasteiger partial charge is 0.339 e. The van der Waals surface area contributed by atoms with E-state index in [0.717, 1.165) is 37.1 Å². The summed E-state index contributed by atoms with van der Waals surface area (Å²) in [5, 5.41) is 12.4. The molecule has 3 aromatic rings. The highest BCUT2D eigenvalue weighted by atomic mass is 15.6. The molecule has 2 aromatic carbocycles. The summed E-state index contributed by atoms with van der Waals surface area (Å²) in [6.45, 7) is 4.09. The molecule has 2 heterocycles. The number of benzene rings is 2. The summed E-state index contributed by atoms with van der Waals surface area (Å²) < 4.78 is 1.84.